The molecular formula is C24H32N2O4S. The summed E-state index contributed by atoms with van der Waals surface area (Å²) in [6, 6.07) is 12.5. The Hall–Kier alpha value is -2.38. The minimum absolute atomic E-state index is 0.0818. The summed E-state index contributed by atoms with van der Waals surface area (Å²) in [6.07, 6.45) is 2.12. The molecule has 0 unspecified atom stereocenters. The second-order valence-corrected chi connectivity index (χ2v) is 10.1. The largest absolute Gasteiger partial charge is 0.497 e. The van der Waals surface area contributed by atoms with Crippen LogP contribution in [0.3, 0.4) is 0 Å². The van der Waals surface area contributed by atoms with Crippen molar-refractivity contribution in [2.45, 2.75) is 51.0 Å². The van der Waals surface area contributed by atoms with Crippen LogP contribution in [0.25, 0.3) is 0 Å². The van der Waals surface area contributed by atoms with Crippen LogP contribution in [0.15, 0.2) is 47.4 Å². The summed E-state index contributed by atoms with van der Waals surface area (Å²) < 4.78 is 32.7. The van der Waals surface area contributed by atoms with Crippen LogP contribution in [-0.4, -0.2) is 38.8 Å². The number of sulfonamides is 1. The van der Waals surface area contributed by atoms with Gasteiger partial charge in [-0.1, -0.05) is 30.7 Å². The van der Waals surface area contributed by atoms with Gasteiger partial charge in [0.05, 0.1) is 24.0 Å². The highest BCUT2D eigenvalue weighted by Crippen LogP contribution is 2.27. The molecule has 1 heterocycles. The van der Waals surface area contributed by atoms with Crippen molar-refractivity contribution in [3.8, 4) is 5.75 Å². The maximum absolute atomic E-state index is 13.1. The minimum atomic E-state index is -3.65. The molecule has 168 valence electrons. The molecule has 1 saturated heterocycles. The van der Waals surface area contributed by atoms with Gasteiger partial charge < -0.3 is 10.1 Å². The first-order chi connectivity index (χ1) is 14.8. The molecule has 0 spiro atoms. The number of ether oxygens (including phenoxy) is 1. The van der Waals surface area contributed by atoms with E-state index in [9.17, 15) is 13.2 Å². The summed E-state index contributed by atoms with van der Waals surface area (Å²) in [4.78, 5) is 13.3. The first-order valence-corrected chi connectivity index (χ1v) is 12.2. The van der Waals surface area contributed by atoms with Crippen molar-refractivity contribution < 1.29 is 17.9 Å². The number of amides is 1. The summed E-state index contributed by atoms with van der Waals surface area (Å²) in [7, 11) is -2.11. The predicted octanol–water partition coefficient (Wildman–Crippen LogP) is 3.98. The molecule has 0 aromatic heterocycles. The number of carbonyl (C=O) groups is 1. The first-order valence-electron chi connectivity index (χ1n) is 10.8. The fourth-order valence-electron chi connectivity index (χ4n) is 4.18. The monoisotopic (exact) mass is 444 g/mol. The zero-order chi connectivity index (χ0) is 22.6. The number of hydrogen-bond donors (Lipinski definition) is 1. The van der Waals surface area contributed by atoms with E-state index in [0.29, 0.717) is 25.1 Å². The van der Waals surface area contributed by atoms with E-state index in [4.69, 9.17) is 4.74 Å². The number of nitrogens with zero attached hydrogens (tertiary/aromatic N) is 1. The van der Waals surface area contributed by atoms with Gasteiger partial charge in [0.2, 0.25) is 15.9 Å². The van der Waals surface area contributed by atoms with Crippen molar-refractivity contribution >= 4 is 15.9 Å². The van der Waals surface area contributed by atoms with Gasteiger partial charge in [-0.3, -0.25) is 4.79 Å². The number of piperidine rings is 1. The van der Waals surface area contributed by atoms with E-state index in [1.807, 2.05) is 6.92 Å². The smallest absolute Gasteiger partial charge is 0.243 e. The number of nitrogens with one attached hydrogen (secondary N) is 1. The molecule has 3 rings (SSSR count). The van der Waals surface area contributed by atoms with Crippen molar-refractivity contribution in [1.29, 1.82) is 0 Å². The minimum Gasteiger partial charge on any atom is -0.497 e. The number of carbonyl (C=O) groups excluding carboxylic acids is 1. The molecule has 0 radical (unpaired) electrons. The van der Waals surface area contributed by atoms with Gasteiger partial charge in [-0.2, -0.15) is 4.31 Å². The van der Waals surface area contributed by atoms with Crippen LogP contribution in [0.4, 0.5) is 0 Å². The Balaban J connectivity index is 1.72. The third kappa shape index (κ3) is 5.28. The quantitative estimate of drug-likeness (QED) is 0.701. The van der Waals surface area contributed by atoms with Crippen LogP contribution >= 0.6 is 0 Å². The van der Waals surface area contributed by atoms with E-state index in [0.717, 1.165) is 17.5 Å². The number of benzene rings is 2. The highest BCUT2D eigenvalue weighted by Gasteiger charge is 2.34. The average Bonchev–Trinajstić information content (AvgIpc) is 2.78. The van der Waals surface area contributed by atoms with Crippen molar-refractivity contribution in [2.24, 2.45) is 5.92 Å². The molecule has 1 amide bonds. The Morgan fingerprint density at radius 3 is 2.52 bits per heavy atom. The molecule has 2 aromatic carbocycles. The maximum Gasteiger partial charge on any atom is 0.243 e. The molecule has 1 N–H and O–H groups in total. The summed E-state index contributed by atoms with van der Waals surface area (Å²) in [6.45, 7) is 6.78. The lowest BCUT2D eigenvalue weighted by Crippen LogP contribution is -2.46. The number of hydrogen-bond acceptors (Lipinski definition) is 4. The van der Waals surface area contributed by atoms with Gasteiger partial charge in [0.25, 0.3) is 0 Å². The number of rotatable bonds is 7. The molecule has 1 aliphatic heterocycles. The standard InChI is InChI=1S/C24H32N2O4S/c1-5-23(22-13-8-17(2)15-18(22)3)25-24(27)19-7-6-14-26(16-19)31(28,29)21-11-9-20(30-4)10-12-21/h8-13,15,19,23H,5-7,14,16H2,1-4H3,(H,25,27)/t19-,23-/m0/s1. The Morgan fingerprint density at radius 2 is 1.90 bits per heavy atom. The zero-order valence-electron chi connectivity index (χ0n) is 18.7. The highest BCUT2D eigenvalue weighted by atomic mass is 32.2. The van der Waals surface area contributed by atoms with Crippen molar-refractivity contribution in [2.75, 3.05) is 20.2 Å². The normalized spacial score (nSPS) is 18.4. The molecule has 2 aromatic rings. The molecule has 1 aliphatic rings. The Kier molecular flexibility index (Phi) is 7.38. The van der Waals surface area contributed by atoms with Crippen molar-refractivity contribution in [3.63, 3.8) is 0 Å². The lowest BCUT2D eigenvalue weighted by molar-refractivity contribution is -0.126. The highest BCUT2D eigenvalue weighted by molar-refractivity contribution is 7.89. The number of aryl methyl sites for hydroxylation is 2. The van der Waals surface area contributed by atoms with Crippen LogP contribution in [0, 0.1) is 19.8 Å². The molecule has 7 heteroatoms. The molecule has 1 fully saturated rings. The maximum atomic E-state index is 13.1. The van der Waals surface area contributed by atoms with E-state index in [1.54, 1.807) is 31.4 Å². The molecule has 0 saturated carbocycles. The second-order valence-electron chi connectivity index (χ2n) is 8.21. The van der Waals surface area contributed by atoms with Crippen LogP contribution < -0.4 is 10.1 Å². The average molecular weight is 445 g/mol. The molecule has 0 aliphatic carbocycles. The first kappa shape index (κ1) is 23.3. The summed E-state index contributed by atoms with van der Waals surface area (Å²) in [5, 5.41) is 3.16. The predicted molar refractivity (Wildman–Crippen MR) is 122 cm³/mol. The van der Waals surface area contributed by atoms with Gasteiger partial charge in [-0.15, -0.1) is 0 Å². The van der Waals surface area contributed by atoms with Crippen molar-refractivity contribution in [1.82, 2.24) is 9.62 Å². The third-order valence-corrected chi connectivity index (χ3v) is 7.86. The molecule has 0 bridgehead atoms. The van der Waals surface area contributed by atoms with E-state index in [1.165, 1.54) is 9.87 Å². The molecule has 2 atom stereocenters. The van der Waals surface area contributed by atoms with Crippen molar-refractivity contribution in [3.05, 3.63) is 59.2 Å². The zero-order valence-corrected chi connectivity index (χ0v) is 19.5. The fraction of sp³-hybridized carbons (Fsp3) is 0.458. The Labute approximate surface area is 185 Å². The van der Waals surface area contributed by atoms with E-state index in [2.05, 4.69) is 37.4 Å². The Morgan fingerprint density at radius 1 is 1.19 bits per heavy atom. The van der Waals surface area contributed by atoms with Gasteiger partial charge in [0.15, 0.2) is 0 Å². The summed E-state index contributed by atoms with van der Waals surface area (Å²) >= 11 is 0. The van der Waals surface area contributed by atoms with Crippen LogP contribution in [0.1, 0.15) is 48.9 Å². The topological polar surface area (TPSA) is 75.7 Å². The molecular weight excluding hydrogens is 412 g/mol. The van der Waals surface area contributed by atoms with Crippen LogP contribution in [-0.2, 0) is 14.8 Å². The second kappa shape index (κ2) is 9.83. The number of methoxy groups -OCH3 is 1. The van der Waals surface area contributed by atoms with Crippen LogP contribution in [0.2, 0.25) is 0 Å². The van der Waals surface area contributed by atoms with Gasteiger partial charge in [-0.25, -0.2) is 8.42 Å². The van der Waals surface area contributed by atoms with E-state index >= 15 is 0 Å². The van der Waals surface area contributed by atoms with Gasteiger partial charge in [0.1, 0.15) is 5.75 Å². The van der Waals surface area contributed by atoms with E-state index < -0.39 is 10.0 Å². The third-order valence-electron chi connectivity index (χ3n) is 5.98. The Bertz CT molecular complexity index is 1020. The summed E-state index contributed by atoms with van der Waals surface area (Å²) in [5.41, 5.74) is 3.45. The van der Waals surface area contributed by atoms with Gasteiger partial charge in [0, 0.05) is 13.1 Å². The molecule has 31 heavy (non-hydrogen) atoms. The van der Waals surface area contributed by atoms with Crippen LogP contribution in [0.5, 0.6) is 5.75 Å². The fourth-order valence-corrected chi connectivity index (χ4v) is 5.70. The van der Waals surface area contributed by atoms with Gasteiger partial charge >= 0.3 is 0 Å². The SMILES string of the molecule is CC[C@H](NC(=O)[C@H]1CCCN(S(=O)(=O)c2ccc(OC)cc2)C1)c1ccc(C)cc1C. The summed E-state index contributed by atoms with van der Waals surface area (Å²) in [5.74, 6) is 0.162. The van der Waals surface area contributed by atoms with Gasteiger partial charge in [-0.05, 0) is 68.5 Å². The lowest BCUT2D eigenvalue weighted by atomic mass is 9.95. The lowest BCUT2D eigenvalue weighted by Gasteiger charge is -2.32. The molecule has 6 nitrogen and oxygen atoms in total. The van der Waals surface area contributed by atoms with E-state index in [-0.39, 0.29) is 29.3 Å².